The van der Waals surface area contributed by atoms with Crippen LogP contribution in [0.15, 0.2) is 18.2 Å². The van der Waals surface area contributed by atoms with Crippen LogP contribution in [0.2, 0.25) is 0 Å². The van der Waals surface area contributed by atoms with E-state index in [2.05, 4.69) is 13.8 Å². The molecule has 2 nitrogen and oxygen atoms in total. The quantitative estimate of drug-likeness (QED) is 0.889. The van der Waals surface area contributed by atoms with Gasteiger partial charge in [-0.2, -0.15) is 0 Å². The van der Waals surface area contributed by atoms with E-state index >= 15 is 0 Å². The first kappa shape index (κ1) is 13.3. The first-order chi connectivity index (χ1) is 8.45. The Labute approximate surface area is 108 Å². The second-order valence-electron chi connectivity index (χ2n) is 5.82. The molecule has 1 N–H and O–H groups in total. The third kappa shape index (κ3) is 2.37. The summed E-state index contributed by atoms with van der Waals surface area (Å²) in [5.74, 6) is 0.221. The molecule has 0 amide bonds. The highest BCUT2D eigenvalue weighted by atomic mass is 19.1. The molecule has 2 atom stereocenters. The Balaban J connectivity index is 2.26. The van der Waals surface area contributed by atoms with E-state index in [9.17, 15) is 9.50 Å². The number of ether oxygens (including phenoxy) is 1. The first-order valence-electron chi connectivity index (χ1n) is 6.47. The minimum atomic E-state index is -0.728. The zero-order valence-electron chi connectivity index (χ0n) is 11.2. The molecule has 1 aliphatic rings. The van der Waals surface area contributed by atoms with Crippen LogP contribution in [0.5, 0.6) is 5.75 Å². The molecule has 0 aliphatic heterocycles. The predicted octanol–water partition coefficient (Wildman–Crippen LogP) is 3.69. The minimum absolute atomic E-state index is 0.0752. The maximum Gasteiger partial charge on any atom is 0.132 e. The van der Waals surface area contributed by atoms with Crippen LogP contribution in [-0.2, 0) is 0 Å². The molecule has 0 heterocycles. The number of hydrogen-bond acceptors (Lipinski definition) is 2. The second kappa shape index (κ2) is 4.88. The van der Waals surface area contributed by atoms with Crippen LogP contribution in [0, 0.1) is 17.2 Å². The molecule has 100 valence electrons. The van der Waals surface area contributed by atoms with Crippen LogP contribution in [0.4, 0.5) is 4.39 Å². The first-order valence-corrected chi connectivity index (χ1v) is 6.47. The van der Waals surface area contributed by atoms with E-state index in [1.54, 1.807) is 12.1 Å². The Morgan fingerprint density at radius 1 is 1.44 bits per heavy atom. The lowest BCUT2D eigenvalue weighted by Gasteiger charge is -2.31. The lowest BCUT2D eigenvalue weighted by Crippen LogP contribution is -2.24. The number of halogens is 1. The van der Waals surface area contributed by atoms with Gasteiger partial charge in [0.1, 0.15) is 11.6 Å². The molecule has 3 heteroatoms. The number of aliphatic hydroxyl groups excluding tert-OH is 1. The smallest absolute Gasteiger partial charge is 0.132 e. The summed E-state index contributed by atoms with van der Waals surface area (Å²) in [6, 6.07) is 4.66. The van der Waals surface area contributed by atoms with Crippen molar-refractivity contribution in [1.29, 1.82) is 0 Å². The van der Waals surface area contributed by atoms with Crippen molar-refractivity contribution in [1.82, 2.24) is 0 Å². The van der Waals surface area contributed by atoms with Crippen molar-refractivity contribution in [3.63, 3.8) is 0 Å². The monoisotopic (exact) mass is 252 g/mol. The molecule has 0 aromatic heterocycles. The Kier molecular flexibility index (Phi) is 3.62. The van der Waals surface area contributed by atoms with Crippen LogP contribution in [0.3, 0.4) is 0 Å². The largest absolute Gasteiger partial charge is 0.497 e. The predicted molar refractivity (Wildman–Crippen MR) is 69.0 cm³/mol. The van der Waals surface area contributed by atoms with Gasteiger partial charge in [0.2, 0.25) is 0 Å². The standard InChI is InChI=1S/C15H21FO2/c1-15(2)8-4-5-12(15)14(17)11-7-6-10(18-3)9-13(11)16/h6-7,9,12,14,17H,4-5,8H2,1-3H3. The minimum Gasteiger partial charge on any atom is -0.497 e. The summed E-state index contributed by atoms with van der Waals surface area (Å²) >= 11 is 0. The van der Waals surface area contributed by atoms with E-state index in [1.807, 2.05) is 0 Å². The summed E-state index contributed by atoms with van der Waals surface area (Å²) in [6.07, 6.45) is 2.42. The van der Waals surface area contributed by atoms with Crippen molar-refractivity contribution in [2.45, 2.75) is 39.2 Å². The zero-order valence-corrected chi connectivity index (χ0v) is 11.2. The third-order valence-corrected chi connectivity index (χ3v) is 4.25. The summed E-state index contributed by atoms with van der Waals surface area (Å²) in [7, 11) is 1.50. The molecular formula is C15H21FO2. The highest BCUT2D eigenvalue weighted by molar-refractivity contribution is 5.30. The normalized spacial score (nSPS) is 23.9. The van der Waals surface area contributed by atoms with Gasteiger partial charge in [-0.25, -0.2) is 4.39 Å². The topological polar surface area (TPSA) is 29.5 Å². The van der Waals surface area contributed by atoms with Gasteiger partial charge in [0.25, 0.3) is 0 Å². The molecule has 18 heavy (non-hydrogen) atoms. The van der Waals surface area contributed by atoms with Gasteiger partial charge >= 0.3 is 0 Å². The molecule has 1 fully saturated rings. The zero-order chi connectivity index (χ0) is 13.3. The van der Waals surface area contributed by atoms with E-state index in [0.29, 0.717) is 11.3 Å². The average molecular weight is 252 g/mol. The summed E-state index contributed by atoms with van der Waals surface area (Å²) in [6.45, 7) is 4.30. The fourth-order valence-corrected chi connectivity index (χ4v) is 3.03. The van der Waals surface area contributed by atoms with Crippen LogP contribution in [-0.4, -0.2) is 12.2 Å². The van der Waals surface area contributed by atoms with Crippen molar-refractivity contribution in [3.05, 3.63) is 29.6 Å². The molecule has 0 bridgehead atoms. The fourth-order valence-electron chi connectivity index (χ4n) is 3.03. The summed E-state index contributed by atoms with van der Waals surface area (Å²) in [5, 5.41) is 10.4. The third-order valence-electron chi connectivity index (χ3n) is 4.25. The fraction of sp³-hybridized carbons (Fsp3) is 0.600. The van der Waals surface area contributed by atoms with Gasteiger partial charge in [-0.05, 0) is 36.3 Å². The SMILES string of the molecule is COc1ccc(C(O)C2CCCC2(C)C)c(F)c1. The summed E-state index contributed by atoms with van der Waals surface area (Å²) in [4.78, 5) is 0. The van der Waals surface area contributed by atoms with E-state index in [0.717, 1.165) is 19.3 Å². The van der Waals surface area contributed by atoms with Crippen LogP contribution < -0.4 is 4.74 Å². The van der Waals surface area contributed by atoms with Gasteiger partial charge in [-0.1, -0.05) is 20.3 Å². The Morgan fingerprint density at radius 2 is 2.17 bits per heavy atom. The van der Waals surface area contributed by atoms with Crippen LogP contribution >= 0.6 is 0 Å². The van der Waals surface area contributed by atoms with Crippen LogP contribution in [0.25, 0.3) is 0 Å². The number of methoxy groups -OCH3 is 1. The molecule has 1 saturated carbocycles. The van der Waals surface area contributed by atoms with Crippen molar-refractivity contribution in [3.8, 4) is 5.75 Å². The van der Waals surface area contributed by atoms with Gasteiger partial charge in [0.15, 0.2) is 0 Å². The van der Waals surface area contributed by atoms with Gasteiger partial charge in [-0.3, -0.25) is 0 Å². The molecule has 0 saturated heterocycles. The molecule has 1 aromatic rings. The summed E-state index contributed by atoms with van der Waals surface area (Å²) in [5.41, 5.74) is 0.460. The van der Waals surface area contributed by atoms with E-state index in [-0.39, 0.29) is 17.2 Å². The molecule has 0 radical (unpaired) electrons. The lowest BCUT2D eigenvalue weighted by atomic mass is 9.77. The van der Waals surface area contributed by atoms with Gasteiger partial charge < -0.3 is 9.84 Å². The molecule has 2 unspecified atom stereocenters. The molecule has 1 aromatic carbocycles. The van der Waals surface area contributed by atoms with Crippen molar-refractivity contribution in [2.24, 2.45) is 11.3 Å². The Morgan fingerprint density at radius 3 is 2.67 bits per heavy atom. The lowest BCUT2D eigenvalue weighted by molar-refractivity contribution is 0.0504. The number of benzene rings is 1. The number of rotatable bonds is 3. The average Bonchev–Trinajstić information content (AvgIpc) is 2.68. The van der Waals surface area contributed by atoms with Gasteiger partial charge in [0, 0.05) is 11.6 Å². The summed E-state index contributed by atoms with van der Waals surface area (Å²) < 4.78 is 18.9. The highest BCUT2D eigenvalue weighted by Gasteiger charge is 2.40. The van der Waals surface area contributed by atoms with Crippen LogP contribution in [0.1, 0.15) is 44.8 Å². The molecular weight excluding hydrogens is 231 g/mol. The number of aliphatic hydroxyl groups is 1. The Bertz CT molecular complexity index is 429. The van der Waals surface area contributed by atoms with Crippen molar-refractivity contribution >= 4 is 0 Å². The van der Waals surface area contributed by atoms with E-state index in [4.69, 9.17) is 4.74 Å². The van der Waals surface area contributed by atoms with Gasteiger partial charge in [0.05, 0.1) is 13.2 Å². The van der Waals surface area contributed by atoms with E-state index < -0.39 is 6.10 Å². The molecule has 0 spiro atoms. The maximum absolute atomic E-state index is 14.0. The Hall–Kier alpha value is -1.09. The molecule has 1 aliphatic carbocycles. The van der Waals surface area contributed by atoms with Gasteiger partial charge in [-0.15, -0.1) is 0 Å². The maximum atomic E-state index is 14.0. The second-order valence-corrected chi connectivity index (χ2v) is 5.82. The molecule has 2 rings (SSSR count). The highest BCUT2D eigenvalue weighted by Crippen LogP contribution is 2.49. The van der Waals surface area contributed by atoms with E-state index in [1.165, 1.54) is 13.2 Å². The van der Waals surface area contributed by atoms with Crippen molar-refractivity contribution in [2.75, 3.05) is 7.11 Å². The van der Waals surface area contributed by atoms with Crippen molar-refractivity contribution < 1.29 is 14.2 Å². The number of hydrogen-bond donors (Lipinski definition) is 1.